The van der Waals surface area contributed by atoms with Gasteiger partial charge >= 0.3 is 0 Å². The molecule has 0 aliphatic rings. The van der Waals surface area contributed by atoms with E-state index in [0.29, 0.717) is 11.6 Å². The molecule has 1 atom stereocenters. The summed E-state index contributed by atoms with van der Waals surface area (Å²) in [6.45, 7) is 14.9. The Bertz CT molecular complexity index is 449. The molecule has 0 amide bonds. The fourth-order valence-electron chi connectivity index (χ4n) is 2.55. The average Bonchev–Trinajstić information content (AvgIpc) is 2.56. The van der Waals surface area contributed by atoms with Gasteiger partial charge < -0.3 is 4.90 Å². The van der Waals surface area contributed by atoms with E-state index in [9.17, 15) is 0 Å². The van der Waals surface area contributed by atoms with Crippen LogP contribution in [-0.4, -0.2) is 24.0 Å². The summed E-state index contributed by atoms with van der Waals surface area (Å²) in [5, 5.41) is 8.89. The van der Waals surface area contributed by atoms with Crippen molar-refractivity contribution in [1.82, 2.24) is 4.90 Å². The number of allylic oxidation sites excluding steroid dienone is 6. The van der Waals surface area contributed by atoms with Gasteiger partial charge in [-0.3, -0.25) is 0 Å². The minimum absolute atomic E-state index is 0.604. The minimum Gasteiger partial charge on any atom is -0.300 e. The first kappa shape index (κ1) is 21.4. The van der Waals surface area contributed by atoms with E-state index in [2.05, 4.69) is 57.4 Å². The maximum Gasteiger partial charge on any atom is 0.0991 e. The first-order valence-corrected chi connectivity index (χ1v) is 8.96. The standard InChI is InChI=1S/C21H34N2/c1-6-12-19(5)23(16-7-2)17-11-10-13-20(8-3)14-15-21(9-4)18-22/h9-10,13-15,19H,4,6-8,11-12,16-17H2,1-3,5H3/b13-10+,20-14+,21-15+. The van der Waals surface area contributed by atoms with E-state index >= 15 is 0 Å². The second-order valence-electron chi connectivity index (χ2n) is 5.90. The lowest BCUT2D eigenvalue weighted by Gasteiger charge is -2.28. The third-order valence-electron chi connectivity index (χ3n) is 3.99. The van der Waals surface area contributed by atoms with Crippen LogP contribution in [0.25, 0.3) is 0 Å². The number of nitrogens with zero attached hydrogens (tertiary/aromatic N) is 2. The van der Waals surface area contributed by atoms with Crippen molar-refractivity contribution >= 4 is 0 Å². The molecule has 0 radical (unpaired) electrons. The van der Waals surface area contributed by atoms with Gasteiger partial charge in [0.1, 0.15) is 0 Å². The first-order valence-electron chi connectivity index (χ1n) is 8.96. The van der Waals surface area contributed by atoms with Crippen molar-refractivity contribution in [3.63, 3.8) is 0 Å². The highest BCUT2D eigenvalue weighted by Crippen LogP contribution is 2.10. The number of rotatable bonds is 12. The molecular formula is C21H34N2. The van der Waals surface area contributed by atoms with E-state index in [1.54, 1.807) is 6.08 Å². The summed E-state index contributed by atoms with van der Waals surface area (Å²) < 4.78 is 0. The molecule has 2 heteroatoms. The molecule has 0 aromatic heterocycles. The fraction of sp³-hybridized carbons (Fsp3) is 0.571. The maximum atomic E-state index is 8.89. The van der Waals surface area contributed by atoms with Crippen LogP contribution in [0.2, 0.25) is 0 Å². The third-order valence-corrected chi connectivity index (χ3v) is 3.99. The third kappa shape index (κ3) is 9.92. The van der Waals surface area contributed by atoms with Crippen molar-refractivity contribution < 1.29 is 0 Å². The Morgan fingerprint density at radius 1 is 1.17 bits per heavy atom. The van der Waals surface area contributed by atoms with E-state index in [-0.39, 0.29) is 0 Å². The van der Waals surface area contributed by atoms with Crippen LogP contribution < -0.4 is 0 Å². The zero-order valence-corrected chi connectivity index (χ0v) is 15.5. The van der Waals surface area contributed by atoms with E-state index < -0.39 is 0 Å². The second-order valence-corrected chi connectivity index (χ2v) is 5.90. The van der Waals surface area contributed by atoms with Crippen LogP contribution in [0.5, 0.6) is 0 Å². The van der Waals surface area contributed by atoms with Gasteiger partial charge in [-0.15, -0.1) is 0 Å². The largest absolute Gasteiger partial charge is 0.300 e. The Labute approximate surface area is 143 Å². The summed E-state index contributed by atoms with van der Waals surface area (Å²) in [7, 11) is 0. The highest BCUT2D eigenvalue weighted by molar-refractivity contribution is 5.37. The molecule has 0 saturated carbocycles. The minimum atomic E-state index is 0.604. The Balaban J connectivity index is 4.58. The quantitative estimate of drug-likeness (QED) is 0.336. The monoisotopic (exact) mass is 314 g/mol. The average molecular weight is 315 g/mol. The van der Waals surface area contributed by atoms with Crippen molar-refractivity contribution in [2.75, 3.05) is 13.1 Å². The van der Waals surface area contributed by atoms with Crippen LogP contribution >= 0.6 is 0 Å². The van der Waals surface area contributed by atoms with Crippen LogP contribution in [0.1, 0.15) is 59.8 Å². The second kappa shape index (κ2) is 14.0. The highest BCUT2D eigenvalue weighted by Gasteiger charge is 2.10. The lowest BCUT2D eigenvalue weighted by molar-refractivity contribution is 0.202. The van der Waals surface area contributed by atoms with Crippen molar-refractivity contribution in [2.24, 2.45) is 0 Å². The summed E-state index contributed by atoms with van der Waals surface area (Å²) in [5.41, 5.74) is 1.84. The van der Waals surface area contributed by atoms with Crippen LogP contribution in [0.4, 0.5) is 0 Å². The van der Waals surface area contributed by atoms with E-state index in [0.717, 1.165) is 19.4 Å². The molecule has 0 aliphatic carbocycles. The van der Waals surface area contributed by atoms with Gasteiger partial charge in [-0.25, -0.2) is 0 Å². The van der Waals surface area contributed by atoms with Gasteiger partial charge in [-0.1, -0.05) is 58.1 Å². The Kier molecular flexibility index (Phi) is 13.1. The van der Waals surface area contributed by atoms with Crippen molar-refractivity contribution in [2.45, 2.75) is 65.8 Å². The van der Waals surface area contributed by atoms with Gasteiger partial charge in [-0.2, -0.15) is 5.26 Å². The van der Waals surface area contributed by atoms with E-state index in [1.165, 1.54) is 31.4 Å². The van der Waals surface area contributed by atoms with E-state index in [4.69, 9.17) is 5.26 Å². The molecule has 0 rings (SSSR count). The van der Waals surface area contributed by atoms with Gasteiger partial charge in [0.05, 0.1) is 11.6 Å². The SMILES string of the molecule is C=C\C(C#N)=C/C=C(/C=C/CCN(CCC)C(C)CCC)CC. The topological polar surface area (TPSA) is 27.0 Å². The maximum absolute atomic E-state index is 8.89. The van der Waals surface area contributed by atoms with Gasteiger partial charge in [-0.05, 0) is 50.8 Å². The Morgan fingerprint density at radius 3 is 2.43 bits per heavy atom. The zero-order valence-electron chi connectivity index (χ0n) is 15.5. The predicted molar refractivity (Wildman–Crippen MR) is 102 cm³/mol. The molecule has 0 aliphatic heterocycles. The molecule has 23 heavy (non-hydrogen) atoms. The lowest BCUT2D eigenvalue weighted by Crippen LogP contribution is -2.34. The summed E-state index contributed by atoms with van der Waals surface area (Å²) in [6, 6.07) is 2.79. The number of hydrogen-bond acceptors (Lipinski definition) is 2. The van der Waals surface area contributed by atoms with Crippen molar-refractivity contribution in [3.05, 3.63) is 48.1 Å². The zero-order chi connectivity index (χ0) is 17.5. The lowest BCUT2D eigenvalue weighted by atomic mass is 10.1. The normalized spacial score (nSPS) is 14.3. The molecule has 0 fully saturated rings. The van der Waals surface area contributed by atoms with E-state index in [1.807, 2.05) is 12.2 Å². The summed E-state index contributed by atoms with van der Waals surface area (Å²) in [6.07, 6.45) is 15.6. The molecule has 0 N–H and O–H groups in total. The summed E-state index contributed by atoms with van der Waals surface area (Å²) in [5.74, 6) is 0. The van der Waals surface area contributed by atoms with Crippen molar-refractivity contribution in [1.29, 1.82) is 5.26 Å². The highest BCUT2D eigenvalue weighted by atomic mass is 15.1. The molecule has 0 saturated heterocycles. The summed E-state index contributed by atoms with van der Waals surface area (Å²) in [4.78, 5) is 2.59. The Morgan fingerprint density at radius 2 is 1.91 bits per heavy atom. The molecule has 0 aromatic carbocycles. The van der Waals surface area contributed by atoms with Crippen molar-refractivity contribution in [3.8, 4) is 6.07 Å². The molecule has 128 valence electrons. The molecule has 0 heterocycles. The Hall–Kier alpha value is -1.59. The van der Waals surface area contributed by atoms with Crippen LogP contribution in [0.3, 0.4) is 0 Å². The molecule has 0 bridgehead atoms. The van der Waals surface area contributed by atoms with Gasteiger partial charge in [0.15, 0.2) is 0 Å². The molecule has 1 unspecified atom stereocenters. The molecular weight excluding hydrogens is 280 g/mol. The fourth-order valence-corrected chi connectivity index (χ4v) is 2.55. The number of hydrogen-bond donors (Lipinski definition) is 0. The number of nitriles is 1. The van der Waals surface area contributed by atoms with Crippen LogP contribution in [0.15, 0.2) is 48.1 Å². The molecule has 2 nitrogen and oxygen atoms in total. The van der Waals surface area contributed by atoms with Crippen LogP contribution in [-0.2, 0) is 0 Å². The van der Waals surface area contributed by atoms with Gasteiger partial charge in [0, 0.05) is 12.6 Å². The molecule has 0 aromatic rings. The van der Waals surface area contributed by atoms with Gasteiger partial charge in [0.25, 0.3) is 0 Å². The summed E-state index contributed by atoms with van der Waals surface area (Å²) >= 11 is 0. The predicted octanol–water partition coefficient (Wildman–Crippen LogP) is 5.81. The van der Waals surface area contributed by atoms with Crippen LogP contribution in [0, 0.1) is 11.3 Å². The first-order chi connectivity index (χ1) is 11.1. The molecule has 0 spiro atoms. The smallest absolute Gasteiger partial charge is 0.0991 e. The van der Waals surface area contributed by atoms with Gasteiger partial charge in [0.2, 0.25) is 0 Å².